The van der Waals surface area contributed by atoms with Gasteiger partial charge in [-0.15, -0.1) is 0 Å². The van der Waals surface area contributed by atoms with Gasteiger partial charge >= 0.3 is 11.9 Å². The quantitative estimate of drug-likeness (QED) is 0.347. The Labute approximate surface area is 115 Å². The van der Waals surface area contributed by atoms with E-state index in [1.54, 1.807) is 0 Å². The lowest BCUT2D eigenvalue weighted by atomic mass is 9.90. The van der Waals surface area contributed by atoms with E-state index in [9.17, 15) is 30.0 Å². The molecule has 116 valence electrons. The van der Waals surface area contributed by atoms with E-state index < -0.39 is 48.5 Å². The highest BCUT2D eigenvalue weighted by molar-refractivity contribution is 5.75. The molecule has 1 aliphatic heterocycles. The fraction of sp³-hybridized carbons (Fsp3) is 0.818. The van der Waals surface area contributed by atoms with Gasteiger partial charge < -0.3 is 34.8 Å². The minimum atomic E-state index is -1.83. The van der Waals surface area contributed by atoms with Crippen LogP contribution in [0.15, 0.2) is 0 Å². The zero-order valence-corrected chi connectivity index (χ0v) is 11.4. The maximum atomic E-state index is 11.4. The molecule has 1 unspecified atom stereocenters. The van der Waals surface area contributed by atoms with Crippen molar-refractivity contribution in [3.8, 4) is 0 Å². The summed E-state index contributed by atoms with van der Waals surface area (Å²) in [6.45, 7) is 0. The normalized spacial score (nSPS) is 36.4. The summed E-state index contributed by atoms with van der Waals surface area (Å²) >= 11 is 0. The van der Waals surface area contributed by atoms with Crippen LogP contribution in [0, 0.1) is 0 Å². The molecule has 9 heteroatoms. The van der Waals surface area contributed by atoms with Crippen LogP contribution in [0.3, 0.4) is 0 Å². The largest absolute Gasteiger partial charge is 0.479 e. The molecule has 1 rings (SSSR count). The van der Waals surface area contributed by atoms with Crippen LogP contribution in [0.4, 0.5) is 0 Å². The lowest BCUT2D eigenvalue weighted by molar-refractivity contribution is -0.892. The summed E-state index contributed by atoms with van der Waals surface area (Å²) in [5.41, 5.74) is 0. The average Bonchev–Trinajstić information content (AvgIpc) is 2.26. The van der Waals surface area contributed by atoms with Crippen LogP contribution in [-0.4, -0.2) is 99.7 Å². The van der Waals surface area contributed by atoms with E-state index in [1.807, 2.05) is 0 Å². The Bertz CT molecular complexity index is 392. The Kier molecular flexibility index (Phi) is 4.72. The molecule has 20 heavy (non-hydrogen) atoms. The van der Waals surface area contributed by atoms with Gasteiger partial charge in [-0.1, -0.05) is 0 Å². The highest BCUT2D eigenvalue weighted by Gasteiger charge is 2.54. The van der Waals surface area contributed by atoms with Gasteiger partial charge in [-0.3, -0.25) is 0 Å². The van der Waals surface area contributed by atoms with Crippen molar-refractivity contribution in [3.63, 3.8) is 0 Å². The van der Waals surface area contributed by atoms with Gasteiger partial charge in [-0.05, 0) is 0 Å². The van der Waals surface area contributed by atoms with Crippen molar-refractivity contribution in [2.24, 2.45) is 0 Å². The SMILES string of the molecule is C[N+](C)(C)C(C(=O)O)[C@@H]1O[C@H](C(=O)O)[C@@H](O)[C@H](O)[C@H]1O. The van der Waals surface area contributed by atoms with E-state index in [1.165, 1.54) is 21.1 Å². The van der Waals surface area contributed by atoms with Crippen LogP contribution in [0.2, 0.25) is 0 Å². The maximum Gasteiger partial charge on any atom is 0.365 e. The summed E-state index contributed by atoms with van der Waals surface area (Å²) in [6.07, 6.45) is -8.61. The second-order valence-electron chi connectivity index (χ2n) is 5.73. The topological polar surface area (TPSA) is 145 Å². The van der Waals surface area contributed by atoms with Crippen LogP contribution >= 0.6 is 0 Å². The Balaban J connectivity index is 3.14. The van der Waals surface area contributed by atoms with Crippen LogP contribution in [0.5, 0.6) is 0 Å². The number of nitrogens with zero attached hydrogens (tertiary/aromatic N) is 1. The molecular formula is C11H20NO8+. The first-order valence-corrected chi connectivity index (χ1v) is 5.95. The number of hydrogen-bond acceptors (Lipinski definition) is 6. The van der Waals surface area contributed by atoms with Gasteiger partial charge in [0.25, 0.3) is 0 Å². The van der Waals surface area contributed by atoms with Crippen LogP contribution in [0.1, 0.15) is 0 Å². The number of carboxylic acid groups (broad SMARTS) is 2. The molecule has 0 aromatic rings. The zero-order valence-electron chi connectivity index (χ0n) is 11.4. The summed E-state index contributed by atoms with van der Waals surface area (Å²) in [7, 11) is 4.59. The number of quaternary nitrogens is 1. The molecule has 1 fully saturated rings. The number of carboxylic acids is 2. The minimum absolute atomic E-state index is 0.161. The van der Waals surface area contributed by atoms with E-state index >= 15 is 0 Å². The number of ether oxygens (including phenoxy) is 1. The Morgan fingerprint density at radius 2 is 1.50 bits per heavy atom. The molecule has 0 aromatic heterocycles. The van der Waals surface area contributed by atoms with E-state index in [-0.39, 0.29) is 4.48 Å². The smallest absolute Gasteiger partial charge is 0.365 e. The molecule has 1 aliphatic rings. The molecule has 0 bridgehead atoms. The van der Waals surface area contributed by atoms with Crippen molar-refractivity contribution in [1.29, 1.82) is 0 Å². The summed E-state index contributed by atoms with van der Waals surface area (Å²) in [5, 5.41) is 47.3. The van der Waals surface area contributed by atoms with Gasteiger partial charge in [0.05, 0.1) is 21.1 Å². The highest BCUT2D eigenvalue weighted by Crippen LogP contribution is 2.27. The maximum absolute atomic E-state index is 11.4. The zero-order chi connectivity index (χ0) is 15.8. The number of rotatable bonds is 4. The van der Waals surface area contributed by atoms with E-state index in [0.29, 0.717) is 0 Å². The Morgan fingerprint density at radius 3 is 1.85 bits per heavy atom. The van der Waals surface area contributed by atoms with Gasteiger partial charge in [-0.25, -0.2) is 9.59 Å². The van der Waals surface area contributed by atoms with Crippen molar-refractivity contribution < 1.29 is 44.3 Å². The monoisotopic (exact) mass is 294 g/mol. The van der Waals surface area contributed by atoms with E-state index in [4.69, 9.17) is 9.84 Å². The van der Waals surface area contributed by atoms with Crippen molar-refractivity contribution in [2.75, 3.05) is 21.1 Å². The van der Waals surface area contributed by atoms with Crippen LogP contribution < -0.4 is 0 Å². The van der Waals surface area contributed by atoms with Gasteiger partial charge in [0.2, 0.25) is 6.04 Å². The molecule has 0 aliphatic carbocycles. The number of aliphatic hydroxyl groups is 3. The predicted octanol–water partition coefficient (Wildman–Crippen LogP) is -2.92. The number of aliphatic hydroxyl groups excluding tert-OH is 3. The fourth-order valence-electron chi connectivity index (χ4n) is 2.28. The summed E-state index contributed by atoms with van der Waals surface area (Å²) in [5.74, 6) is -2.85. The third kappa shape index (κ3) is 3.07. The third-order valence-electron chi connectivity index (χ3n) is 3.29. The predicted molar refractivity (Wildman–Crippen MR) is 63.8 cm³/mol. The second kappa shape index (κ2) is 5.62. The van der Waals surface area contributed by atoms with E-state index in [0.717, 1.165) is 0 Å². The lowest BCUT2D eigenvalue weighted by Crippen LogP contribution is -2.68. The molecule has 6 atom stereocenters. The molecule has 5 N–H and O–H groups in total. The van der Waals surface area contributed by atoms with Gasteiger partial charge in [0.1, 0.15) is 24.4 Å². The molecule has 0 saturated carbocycles. The minimum Gasteiger partial charge on any atom is -0.479 e. The third-order valence-corrected chi connectivity index (χ3v) is 3.29. The van der Waals surface area contributed by atoms with Crippen LogP contribution in [-0.2, 0) is 14.3 Å². The molecule has 0 aromatic carbocycles. The first-order valence-electron chi connectivity index (χ1n) is 5.95. The lowest BCUT2D eigenvalue weighted by Gasteiger charge is -2.44. The molecule has 1 heterocycles. The van der Waals surface area contributed by atoms with Crippen LogP contribution in [0.25, 0.3) is 0 Å². The molecule has 0 spiro atoms. The van der Waals surface area contributed by atoms with Gasteiger partial charge in [-0.2, -0.15) is 0 Å². The Hall–Kier alpha value is -1.26. The standard InChI is InChI=1S/C11H19NO8/c1-12(2,3)4(10(16)17)8-6(14)5(13)7(15)9(20-8)11(18)19/h4-9,13-15H,1-3H3,(H-,16,17,18,19)/p+1/t4?,5-,6-,7+,8+,9+/m1/s1. The van der Waals surface area contributed by atoms with Crippen molar-refractivity contribution in [1.82, 2.24) is 0 Å². The Morgan fingerprint density at radius 1 is 1.00 bits per heavy atom. The molecule has 0 amide bonds. The summed E-state index contributed by atoms with van der Waals surface area (Å²) in [6, 6.07) is -1.31. The molecular weight excluding hydrogens is 274 g/mol. The number of likely N-dealkylation sites (N-methyl/N-ethyl adjacent to an activating group) is 1. The summed E-state index contributed by atoms with van der Waals surface area (Å²) < 4.78 is 4.88. The van der Waals surface area contributed by atoms with Gasteiger partial charge in [0, 0.05) is 0 Å². The number of aliphatic carboxylic acids is 2. The van der Waals surface area contributed by atoms with Crippen molar-refractivity contribution in [3.05, 3.63) is 0 Å². The molecule has 9 nitrogen and oxygen atoms in total. The fourth-order valence-corrected chi connectivity index (χ4v) is 2.28. The summed E-state index contributed by atoms with van der Waals surface area (Å²) in [4.78, 5) is 22.3. The van der Waals surface area contributed by atoms with Crippen molar-refractivity contribution in [2.45, 2.75) is 36.6 Å². The highest BCUT2D eigenvalue weighted by atomic mass is 16.6. The average molecular weight is 294 g/mol. The molecule has 0 radical (unpaired) electrons. The first kappa shape index (κ1) is 16.8. The first-order chi connectivity index (χ1) is 8.98. The molecule has 1 saturated heterocycles. The number of carbonyl (C=O) groups is 2. The number of hydrogen-bond donors (Lipinski definition) is 5. The second-order valence-corrected chi connectivity index (χ2v) is 5.73. The van der Waals surface area contributed by atoms with E-state index in [2.05, 4.69) is 0 Å². The van der Waals surface area contributed by atoms with Gasteiger partial charge in [0.15, 0.2) is 6.10 Å². The van der Waals surface area contributed by atoms with Crippen molar-refractivity contribution >= 4 is 11.9 Å².